The lowest BCUT2D eigenvalue weighted by atomic mass is 10.0. The van der Waals surface area contributed by atoms with Crippen LogP contribution in [0.1, 0.15) is 10.4 Å². The zero-order valence-electron chi connectivity index (χ0n) is 15.4. The van der Waals surface area contributed by atoms with Gasteiger partial charge in [0.1, 0.15) is 16.1 Å². The lowest BCUT2D eigenvalue weighted by Gasteiger charge is -2.18. The largest absolute Gasteiger partial charge is 0.506 e. The number of carbonyl (C=O) groups is 1. The van der Waals surface area contributed by atoms with Crippen molar-refractivity contribution >= 4 is 33.1 Å². The van der Waals surface area contributed by atoms with Crippen LogP contribution in [0.15, 0.2) is 70.8 Å². The molecule has 28 heavy (non-hydrogen) atoms. The molecule has 2 aromatic carbocycles. The second-order valence-electron chi connectivity index (χ2n) is 6.48. The number of hydrogen-bond acceptors (Lipinski definition) is 4. The van der Waals surface area contributed by atoms with E-state index in [9.17, 15) is 14.7 Å². The van der Waals surface area contributed by atoms with Crippen molar-refractivity contribution in [2.45, 2.75) is 0 Å². The average Bonchev–Trinajstić information content (AvgIpc) is 3.18. The van der Waals surface area contributed by atoms with Crippen LogP contribution in [0.3, 0.4) is 0 Å². The maximum absolute atomic E-state index is 13.1. The van der Waals surface area contributed by atoms with Crippen molar-refractivity contribution in [2.24, 2.45) is 7.05 Å². The van der Waals surface area contributed by atoms with Gasteiger partial charge in [-0.25, -0.2) is 0 Å². The summed E-state index contributed by atoms with van der Waals surface area (Å²) in [6.45, 7) is 0. The highest BCUT2D eigenvalue weighted by molar-refractivity contribution is 7.17. The minimum atomic E-state index is -0.545. The Morgan fingerprint density at radius 2 is 1.64 bits per heavy atom. The monoisotopic (exact) mass is 390 g/mol. The molecule has 0 aliphatic heterocycles. The number of aryl methyl sites for hydroxylation is 1. The molecule has 0 radical (unpaired) electrons. The van der Waals surface area contributed by atoms with E-state index in [-0.39, 0.29) is 11.3 Å². The summed E-state index contributed by atoms with van der Waals surface area (Å²) in [5.41, 5.74) is 1.61. The molecule has 0 fully saturated rings. The lowest BCUT2D eigenvalue weighted by Crippen LogP contribution is -2.33. The number of nitrogens with zero attached hydrogens (tertiary/aromatic N) is 2. The molecular formula is C22H18N2O3S. The average molecular weight is 390 g/mol. The number of pyridine rings is 1. The third-order valence-electron chi connectivity index (χ3n) is 4.82. The molecule has 5 nitrogen and oxygen atoms in total. The van der Waals surface area contributed by atoms with Gasteiger partial charge in [-0.05, 0) is 17.7 Å². The fourth-order valence-electron chi connectivity index (χ4n) is 3.27. The molecule has 6 heteroatoms. The maximum Gasteiger partial charge on any atom is 0.268 e. The normalized spacial score (nSPS) is 10.9. The molecule has 2 aromatic heterocycles. The van der Waals surface area contributed by atoms with E-state index >= 15 is 0 Å². The first-order chi connectivity index (χ1) is 13.5. The molecule has 1 amide bonds. The second kappa shape index (κ2) is 6.98. The maximum atomic E-state index is 13.1. The zero-order valence-corrected chi connectivity index (χ0v) is 16.2. The second-order valence-corrected chi connectivity index (χ2v) is 7.34. The topological polar surface area (TPSA) is 62.5 Å². The third kappa shape index (κ3) is 2.78. The van der Waals surface area contributed by atoms with E-state index < -0.39 is 11.5 Å². The summed E-state index contributed by atoms with van der Waals surface area (Å²) < 4.78 is 1.43. The number of benzene rings is 2. The van der Waals surface area contributed by atoms with Crippen molar-refractivity contribution in [2.75, 3.05) is 11.9 Å². The van der Waals surface area contributed by atoms with E-state index in [1.165, 1.54) is 20.8 Å². The molecule has 4 aromatic rings. The Kier molecular flexibility index (Phi) is 4.49. The number of aromatic nitrogens is 1. The molecule has 140 valence electrons. The first-order valence-corrected chi connectivity index (χ1v) is 9.60. The summed E-state index contributed by atoms with van der Waals surface area (Å²) in [5, 5.41) is 13.4. The van der Waals surface area contributed by atoms with Gasteiger partial charge in [-0.15, -0.1) is 11.3 Å². The summed E-state index contributed by atoms with van der Waals surface area (Å²) in [6, 6.07) is 18.6. The smallest absolute Gasteiger partial charge is 0.268 e. The van der Waals surface area contributed by atoms with Gasteiger partial charge in [0.2, 0.25) is 0 Å². The van der Waals surface area contributed by atoms with E-state index in [1.54, 1.807) is 26.2 Å². The van der Waals surface area contributed by atoms with Crippen molar-refractivity contribution in [1.29, 1.82) is 0 Å². The standard InChI is InChI=1S/C22H18N2O3S/c1-23(15-11-7-4-8-12-15)20(26)18-19(25)17-16(14-9-5-3-6-10-14)13-28-22(17)24(2)21(18)27/h3-13,25H,1-2H3. The summed E-state index contributed by atoms with van der Waals surface area (Å²) in [4.78, 5) is 28.0. The molecule has 0 aliphatic carbocycles. The van der Waals surface area contributed by atoms with Crippen LogP contribution >= 0.6 is 11.3 Å². The minimum Gasteiger partial charge on any atom is -0.506 e. The first kappa shape index (κ1) is 18.0. The Labute approximate surface area is 165 Å². The van der Waals surface area contributed by atoms with Gasteiger partial charge >= 0.3 is 0 Å². The van der Waals surface area contributed by atoms with E-state index in [1.807, 2.05) is 53.9 Å². The van der Waals surface area contributed by atoms with Crippen LogP contribution in [0.5, 0.6) is 5.75 Å². The Bertz CT molecular complexity index is 1230. The number of fused-ring (bicyclic) bond motifs is 1. The molecular weight excluding hydrogens is 372 g/mol. The molecule has 0 bridgehead atoms. The number of thiophene rings is 1. The van der Waals surface area contributed by atoms with Gasteiger partial charge in [-0.1, -0.05) is 48.5 Å². The van der Waals surface area contributed by atoms with Crippen LogP contribution < -0.4 is 10.5 Å². The van der Waals surface area contributed by atoms with Crippen LogP contribution in [0.2, 0.25) is 0 Å². The number of para-hydroxylation sites is 1. The molecule has 0 unspecified atom stereocenters. The van der Waals surface area contributed by atoms with Crippen molar-refractivity contribution in [1.82, 2.24) is 4.57 Å². The predicted molar refractivity (Wildman–Crippen MR) is 113 cm³/mol. The Balaban J connectivity index is 1.95. The fourth-order valence-corrected chi connectivity index (χ4v) is 4.32. The number of carbonyl (C=O) groups excluding carboxylic acids is 1. The summed E-state index contributed by atoms with van der Waals surface area (Å²) in [7, 11) is 3.21. The minimum absolute atomic E-state index is 0.225. The molecule has 1 N–H and O–H groups in total. The van der Waals surface area contributed by atoms with Crippen LogP contribution in [-0.2, 0) is 7.05 Å². The van der Waals surface area contributed by atoms with Gasteiger partial charge in [-0.2, -0.15) is 0 Å². The van der Waals surface area contributed by atoms with Gasteiger partial charge in [0.05, 0.1) is 5.39 Å². The van der Waals surface area contributed by atoms with Crippen molar-refractivity contribution in [3.05, 3.63) is 82.0 Å². The number of hydrogen-bond donors (Lipinski definition) is 1. The molecule has 0 aliphatic rings. The first-order valence-electron chi connectivity index (χ1n) is 8.72. The Morgan fingerprint density at radius 3 is 2.29 bits per heavy atom. The van der Waals surface area contributed by atoms with Crippen LogP contribution in [0, 0.1) is 0 Å². The predicted octanol–water partition coefficient (Wildman–Crippen LogP) is 4.25. The molecule has 0 saturated carbocycles. The van der Waals surface area contributed by atoms with Crippen LogP contribution in [0.4, 0.5) is 5.69 Å². The summed E-state index contributed by atoms with van der Waals surface area (Å²) in [6.07, 6.45) is 0. The SMILES string of the molecule is CN(C(=O)c1c(O)c2c(-c3ccccc3)csc2n(C)c1=O)c1ccccc1. The van der Waals surface area contributed by atoms with E-state index in [4.69, 9.17) is 0 Å². The van der Waals surface area contributed by atoms with Crippen LogP contribution in [0.25, 0.3) is 21.3 Å². The quantitative estimate of drug-likeness (QED) is 0.569. The van der Waals surface area contributed by atoms with Gasteiger partial charge in [-0.3, -0.25) is 9.59 Å². The van der Waals surface area contributed by atoms with Crippen molar-refractivity contribution < 1.29 is 9.90 Å². The molecule has 0 saturated heterocycles. The fraction of sp³-hybridized carbons (Fsp3) is 0.0909. The zero-order chi connectivity index (χ0) is 19.8. The van der Waals surface area contributed by atoms with Gasteiger partial charge < -0.3 is 14.6 Å². The van der Waals surface area contributed by atoms with Crippen LogP contribution in [-0.4, -0.2) is 22.6 Å². The van der Waals surface area contributed by atoms with Gasteiger partial charge in [0.15, 0.2) is 0 Å². The number of amides is 1. The highest BCUT2D eigenvalue weighted by Crippen LogP contribution is 2.39. The number of anilines is 1. The van der Waals surface area contributed by atoms with Gasteiger partial charge in [0.25, 0.3) is 11.5 Å². The molecule has 2 heterocycles. The number of rotatable bonds is 3. The Morgan fingerprint density at radius 1 is 1.04 bits per heavy atom. The molecule has 0 atom stereocenters. The summed E-state index contributed by atoms with van der Waals surface area (Å²) >= 11 is 1.37. The number of aromatic hydroxyl groups is 1. The van der Waals surface area contributed by atoms with E-state index in [0.29, 0.717) is 15.9 Å². The highest BCUT2D eigenvalue weighted by atomic mass is 32.1. The van der Waals surface area contributed by atoms with E-state index in [2.05, 4.69) is 0 Å². The Hall–Kier alpha value is -3.38. The highest BCUT2D eigenvalue weighted by Gasteiger charge is 2.27. The molecule has 4 rings (SSSR count). The van der Waals surface area contributed by atoms with Gasteiger partial charge in [0, 0.05) is 30.7 Å². The van der Waals surface area contributed by atoms with E-state index in [0.717, 1.165) is 11.1 Å². The third-order valence-corrected chi connectivity index (χ3v) is 5.87. The van der Waals surface area contributed by atoms with Crippen molar-refractivity contribution in [3.63, 3.8) is 0 Å². The lowest BCUT2D eigenvalue weighted by molar-refractivity contribution is 0.0988. The van der Waals surface area contributed by atoms with Crippen molar-refractivity contribution in [3.8, 4) is 16.9 Å². The molecule has 0 spiro atoms. The summed E-state index contributed by atoms with van der Waals surface area (Å²) in [5.74, 6) is -0.817.